The van der Waals surface area contributed by atoms with Crippen molar-refractivity contribution < 1.29 is 28.5 Å². The highest BCUT2D eigenvalue weighted by Gasteiger charge is 2.53. The van der Waals surface area contributed by atoms with Gasteiger partial charge in [-0.1, -0.05) is 5.11 Å². The third kappa shape index (κ3) is 3.02. The average molecular weight is 287 g/mol. The lowest BCUT2D eigenvalue weighted by Gasteiger charge is -2.40. The summed E-state index contributed by atoms with van der Waals surface area (Å²) in [5.41, 5.74) is 8.41. The Morgan fingerprint density at radius 3 is 2.65 bits per heavy atom. The van der Waals surface area contributed by atoms with E-state index >= 15 is 0 Å². The molecule has 6 atom stereocenters. The van der Waals surface area contributed by atoms with Gasteiger partial charge in [-0.15, -0.1) is 0 Å². The fourth-order valence-corrected chi connectivity index (χ4v) is 2.44. The van der Waals surface area contributed by atoms with E-state index in [1.54, 1.807) is 6.92 Å². The first-order chi connectivity index (χ1) is 9.56. The molecule has 2 aliphatic rings. The van der Waals surface area contributed by atoms with Crippen LogP contribution in [0.4, 0.5) is 0 Å². The molecule has 0 aromatic carbocycles. The lowest BCUT2D eigenvalue weighted by atomic mass is 9.99. The molecule has 112 valence electrons. The molecule has 9 heteroatoms. The predicted molar refractivity (Wildman–Crippen MR) is 64.4 cm³/mol. The van der Waals surface area contributed by atoms with Crippen molar-refractivity contribution in [2.45, 2.75) is 50.8 Å². The second-order valence-electron chi connectivity index (χ2n) is 4.54. The molecular formula is C11H17N3O6. The highest BCUT2D eigenvalue weighted by molar-refractivity contribution is 5.66. The van der Waals surface area contributed by atoms with E-state index in [0.29, 0.717) is 0 Å². The summed E-state index contributed by atoms with van der Waals surface area (Å²) in [7, 11) is 1.44. The number of methoxy groups -OCH3 is 1. The summed E-state index contributed by atoms with van der Waals surface area (Å²) in [6, 6.07) is 0. The summed E-state index contributed by atoms with van der Waals surface area (Å²) < 4.78 is 27.3. The lowest BCUT2D eigenvalue weighted by molar-refractivity contribution is -0.272. The Hall–Kier alpha value is -1.38. The summed E-state index contributed by atoms with van der Waals surface area (Å²) in [5.74, 6) is -0.462. The van der Waals surface area contributed by atoms with Gasteiger partial charge in [0.25, 0.3) is 0 Å². The second kappa shape index (κ2) is 6.38. The average Bonchev–Trinajstić information content (AvgIpc) is 2.79. The Labute approximate surface area is 115 Å². The molecule has 1 unspecified atom stereocenters. The molecule has 2 heterocycles. The summed E-state index contributed by atoms with van der Waals surface area (Å²) in [6.07, 6.45) is -3.51. The minimum absolute atomic E-state index is 0.0837. The number of carbonyl (C=O) groups is 1. The SMILES string of the molecule is CO[C@H]1O[C@H](CN=[N+]=[N-])[C@H]2OC(C)O[C@H]2[C@@H]1OC(C)=O. The zero-order chi connectivity index (χ0) is 14.7. The van der Waals surface area contributed by atoms with Gasteiger partial charge in [-0.25, -0.2) is 0 Å². The molecule has 0 aromatic rings. The van der Waals surface area contributed by atoms with Crippen LogP contribution in [0.1, 0.15) is 13.8 Å². The van der Waals surface area contributed by atoms with Gasteiger partial charge < -0.3 is 23.7 Å². The minimum Gasteiger partial charge on any atom is -0.454 e. The maximum atomic E-state index is 11.2. The number of hydrogen-bond acceptors (Lipinski definition) is 7. The number of nitrogens with zero attached hydrogens (tertiary/aromatic N) is 3. The molecule has 0 bridgehead atoms. The molecule has 2 rings (SSSR count). The number of azide groups is 1. The molecule has 2 fully saturated rings. The summed E-state index contributed by atoms with van der Waals surface area (Å²) in [6.45, 7) is 3.11. The van der Waals surface area contributed by atoms with Crippen molar-refractivity contribution in [2.75, 3.05) is 13.7 Å². The van der Waals surface area contributed by atoms with Crippen LogP contribution in [0.3, 0.4) is 0 Å². The van der Waals surface area contributed by atoms with Gasteiger partial charge in [-0.05, 0) is 12.5 Å². The van der Waals surface area contributed by atoms with Crippen molar-refractivity contribution in [2.24, 2.45) is 5.11 Å². The van der Waals surface area contributed by atoms with E-state index in [4.69, 9.17) is 29.2 Å². The van der Waals surface area contributed by atoms with E-state index in [1.165, 1.54) is 14.0 Å². The van der Waals surface area contributed by atoms with Crippen molar-refractivity contribution >= 4 is 5.97 Å². The molecule has 0 radical (unpaired) electrons. The fraction of sp³-hybridized carbons (Fsp3) is 0.909. The first-order valence-electron chi connectivity index (χ1n) is 6.24. The molecular weight excluding hydrogens is 270 g/mol. The highest BCUT2D eigenvalue weighted by atomic mass is 16.8. The van der Waals surface area contributed by atoms with Crippen LogP contribution >= 0.6 is 0 Å². The Morgan fingerprint density at radius 1 is 1.35 bits per heavy atom. The Bertz CT molecular complexity index is 413. The molecule has 0 aromatic heterocycles. The standard InChI is InChI=1S/C11H17N3O6/c1-5(15)17-10-9-8(18-6(2)19-9)7(4-13-14-12)20-11(10)16-3/h6-11H,4H2,1-3H3/t6?,7-,8-,9-,10+,11+/m1/s1. The molecule has 0 spiro atoms. The number of esters is 1. The van der Waals surface area contributed by atoms with Crippen molar-refractivity contribution in [3.63, 3.8) is 0 Å². The van der Waals surface area contributed by atoms with Crippen LogP contribution in [0, 0.1) is 0 Å². The zero-order valence-electron chi connectivity index (χ0n) is 11.5. The molecule has 0 saturated carbocycles. The van der Waals surface area contributed by atoms with Crippen molar-refractivity contribution in [3.8, 4) is 0 Å². The highest BCUT2D eigenvalue weighted by Crippen LogP contribution is 2.34. The van der Waals surface area contributed by atoms with E-state index in [1.807, 2.05) is 0 Å². The molecule has 0 amide bonds. The van der Waals surface area contributed by atoms with Crippen LogP contribution in [0.5, 0.6) is 0 Å². The van der Waals surface area contributed by atoms with Crippen molar-refractivity contribution in [3.05, 3.63) is 10.4 Å². The van der Waals surface area contributed by atoms with Crippen LogP contribution in [0.15, 0.2) is 5.11 Å². The largest absolute Gasteiger partial charge is 0.454 e. The van der Waals surface area contributed by atoms with E-state index < -0.39 is 43.0 Å². The maximum absolute atomic E-state index is 11.2. The molecule has 9 nitrogen and oxygen atoms in total. The van der Waals surface area contributed by atoms with Crippen LogP contribution in [-0.2, 0) is 28.5 Å². The van der Waals surface area contributed by atoms with E-state index in [-0.39, 0.29) is 6.54 Å². The van der Waals surface area contributed by atoms with Gasteiger partial charge in [0.05, 0.1) is 12.6 Å². The smallest absolute Gasteiger partial charge is 0.303 e. The molecule has 2 saturated heterocycles. The first-order valence-corrected chi connectivity index (χ1v) is 6.24. The van der Waals surface area contributed by atoms with Gasteiger partial charge in [-0.3, -0.25) is 4.79 Å². The predicted octanol–water partition coefficient (Wildman–Crippen LogP) is 0.730. The first kappa shape index (κ1) is 15.0. The molecule has 20 heavy (non-hydrogen) atoms. The van der Waals surface area contributed by atoms with Gasteiger partial charge in [0.2, 0.25) is 0 Å². The monoisotopic (exact) mass is 287 g/mol. The maximum Gasteiger partial charge on any atom is 0.303 e. The lowest BCUT2D eigenvalue weighted by Crippen LogP contribution is -2.58. The summed E-state index contributed by atoms with van der Waals surface area (Å²) in [4.78, 5) is 13.9. The molecule has 0 N–H and O–H groups in total. The minimum atomic E-state index is -0.798. The van der Waals surface area contributed by atoms with E-state index in [0.717, 1.165) is 0 Å². The fourth-order valence-electron chi connectivity index (χ4n) is 2.44. The third-order valence-electron chi connectivity index (χ3n) is 3.15. The van der Waals surface area contributed by atoms with Crippen LogP contribution in [-0.4, -0.2) is 56.6 Å². The number of fused-ring (bicyclic) bond motifs is 1. The Kier molecular flexibility index (Phi) is 4.79. The molecule has 0 aliphatic carbocycles. The van der Waals surface area contributed by atoms with Gasteiger partial charge >= 0.3 is 5.97 Å². The van der Waals surface area contributed by atoms with Crippen molar-refractivity contribution in [1.82, 2.24) is 0 Å². The molecule has 2 aliphatic heterocycles. The van der Waals surface area contributed by atoms with Crippen molar-refractivity contribution in [1.29, 1.82) is 0 Å². The van der Waals surface area contributed by atoms with Gasteiger partial charge in [0.1, 0.15) is 12.2 Å². The third-order valence-corrected chi connectivity index (χ3v) is 3.15. The van der Waals surface area contributed by atoms with Gasteiger partial charge in [-0.2, -0.15) is 0 Å². The van der Waals surface area contributed by atoms with Crippen LogP contribution < -0.4 is 0 Å². The van der Waals surface area contributed by atoms with Crippen LogP contribution in [0.25, 0.3) is 10.4 Å². The van der Waals surface area contributed by atoms with E-state index in [2.05, 4.69) is 10.0 Å². The number of rotatable bonds is 4. The Morgan fingerprint density at radius 2 is 2.05 bits per heavy atom. The number of hydrogen-bond donors (Lipinski definition) is 0. The van der Waals surface area contributed by atoms with Crippen LogP contribution in [0.2, 0.25) is 0 Å². The normalized spacial score (nSPS) is 39.8. The number of carbonyl (C=O) groups excluding carboxylic acids is 1. The Balaban J connectivity index is 2.19. The quantitative estimate of drug-likeness (QED) is 0.326. The van der Waals surface area contributed by atoms with Gasteiger partial charge in [0.15, 0.2) is 18.7 Å². The second-order valence-corrected chi connectivity index (χ2v) is 4.54. The summed E-state index contributed by atoms with van der Waals surface area (Å²) >= 11 is 0. The number of ether oxygens (including phenoxy) is 5. The van der Waals surface area contributed by atoms with Gasteiger partial charge in [0, 0.05) is 18.9 Å². The van der Waals surface area contributed by atoms with E-state index in [9.17, 15) is 4.79 Å². The topological polar surface area (TPSA) is 112 Å². The zero-order valence-corrected chi connectivity index (χ0v) is 11.5. The summed E-state index contributed by atoms with van der Waals surface area (Å²) in [5, 5.41) is 3.49.